The molecule has 0 unspecified atom stereocenters. The second-order valence-electron chi connectivity index (χ2n) is 4.48. The van der Waals surface area contributed by atoms with Gasteiger partial charge >= 0.3 is 0 Å². The van der Waals surface area contributed by atoms with Crippen molar-refractivity contribution in [3.05, 3.63) is 34.6 Å². The predicted octanol–water partition coefficient (Wildman–Crippen LogP) is 3.29. The molecule has 3 heteroatoms. The molecule has 0 amide bonds. The van der Waals surface area contributed by atoms with Gasteiger partial charge in [-0.25, -0.2) is 4.39 Å². The topological polar surface area (TPSA) is 26.0 Å². The van der Waals surface area contributed by atoms with E-state index in [9.17, 15) is 4.39 Å². The molecule has 1 aliphatic rings. The molecule has 82 valence electrons. The molecule has 0 spiro atoms. The maximum Gasteiger partial charge on any atom is 0.127 e. The zero-order valence-electron chi connectivity index (χ0n) is 8.60. The van der Waals surface area contributed by atoms with Crippen molar-refractivity contribution in [1.29, 1.82) is 0 Å². The summed E-state index contributed by atoms with van der Waals surface area (Å²) in [5.41, 5.74) is 6.68. The van der Waals surface area contributed by atoms with Gasteiger partial charge in [-0.3, -0.25) is 0 Å². The summed E-state index contributed by atoms with van der Waals surface area (Å²) in [4.78, 5) is 0. The van der Waals surface area contributed by atoms with E-state index in [0.717, 1.165) is 25.7 Å². The molecule has 0 aliphatic heterocycles. The fourth-order valence-electron chi connectivity index (χ4n) is 2.30. The van der Waals surface area contributed by atoms with E-state index >= 15 is 0 Å². The Morgan fingerprint density at radius 1 is 1.33 bits per heavy atom. The van der Waals surface area contributed by atoms with Crippen LogP contribution < -0.4 is 5.73 Å². The van der Waals surface area contributed by atoms with Crippen LogP contribution in [0.1, 0.15) is 31.2 Å². The van der Waals surface area contributed by atoms with Crippen LogP contribution in [0.4, 0.5) is 4.39 Å². The molecule has 0 heterocycles. The van der Waals surface area contributed by atoms with E-state index in [1.807, 2.05) is 0 Å². The van der Waals surface area contributed by atoms with Gasteiger partial charge in [0.15, 0.2) is 0 Å². The average molecular weight is 228 g/mol. The highest BCUT2D eigenvalue weighted by Crippen LogP contribution is 2.31. The standard InChI is InChI=1S/C12H15ClFN/c13-10-4-3-9(11(14)7-10)8-12(15)5-1-2-6-12/h3-4,7H,1-2,5-6,8,15H2. The maximum absolute atomic E-state index is 13.5. The normalized spacial score (nSPS) is 19.4. The molecule has 0 aromatic heterocycles. The summed E-state index contributed by atoms with van der Waals surface area (Å²) in [5, 5.41) is 0.439. The van der Waals surface area contributed by atoms with Gasteiger partial charge in [0.05, 0.1) is 0 Å². The Morgan fingerprint density at radius 3 is 2.60 bits per heavy atom. The van der Waals surface area contributed by atoms with E-state index in [1.54, 1.807) is 12.1 Å². The number of hydrogen-bond acceptors (Lipinski definition) is 1. The largest absolute Gasteiger partial charge is 0.325 e. The van der Waals surface area contributed by atoms with Gasteiger partial charge in [-0.15, -0.1) is 0 Å². The highest BCUT2D eigenvalue weighted by atomic mass is 35.5. The molecular formula is C12H15ClFN. The number of nitrogens with two attached hydrogens (primary N) is 1. The van der Waals surface area contributed by atoms with Crippen LogP contribution in [-0.2, 0) is 6.42 Å². The molecule has 0 atom stereocenters. The molecular weight excluding hydrogens is 213 g/mol. The highest BCUT2D eigenvalue weighted by Gasteiger charge is 2.30. The molecule has 1 aliphatic carbocycles. The van der Waals surface area contributed by atoms with Gasteiger partial charge in [-0.1, -0.05) is 30.5 Å². The van der Waals surface area contributed by atoms with Crippen LogP contribution >= 0.6 is 11.6 Å². The summed E-state index contributed by atoms with van der Waals surface area (Å²) in [5.74, 6) is -0.237. The fraction of sp³-hybridized carbons (Fsp3) is 0.500. The third-order valence-electron chi connectivity index (χ3n) is 3.16. The second-order valence-corrected chi connectivity index (χ2v) is 4.92. The van der Waals surface area contributed by atoms with Crippen molar-refractivity contribution in [2.45, 2.75) is 37.6 Å². The highest BCUT2D eigenvalue weighted by molar-refractivity contribution is 6.30. The van der Waals surface area contributed by atoms with E-state index in [-0.39, 0.29) is 11.4 Å². The Hall–Kier alpha value is -0.600. The maximum atomic E-state index is 13.5. The van der Waals surface area contributed by atoms with Crippen molar-refractivity contribution in [3.8, 4) is 0 Å². The molecule has 15 heavy (non-hydrogen) atoms. The summed E-state index contributed by atoms with van der Waals surface area (Å²) in [6.45, 7) is 0. The van der Waals surface area contributed by atoms with Gasteiger partial charge < -0.3 is 5.73 Å². The van der Waals surface area contributed by atoms with Crippen molar-refractivity contribution in [3.63, 3.8) is 0 Å². The fourth-order valence-corrected chi connectivity index (χ4v) is 2.46. The first-order chi connectivity index (χ1) is 7.09. The van der Waals surface area contributed by atoms with Gasteiger partial charge in [0.1, 0.15) is 5.82 Å². The first-order valence-electron chi connectivity index (χ1n) is 5.32. The van der Waals surface area contributed by atoms with Gasteiger partial charge in [0, 0.05) is 10.6 Å². The number of hydrogen-bond donors (Lipinski definition) is 1. The van der Waals surface area contributed by atoms with E-state index in [0.29, 0.717) is 17.0 Å². The van der Waals surface area contributed by atoms with Crippen LogP contribution in [0.25, 0.3) is 0 Å². The first-order valence-corrected chi connectivity index (χ1v) is 5.70. The van der Waals surface area contributed by atoms with Crippen molar-refractivity contribution < 1.29 is 4.39 Å². The SMILES string of the molecule is NC1(Cc2ccc(Cl)cc2F)CCCC1. The smallest absolute Gasteiger partial charge is 0.127 e. The molecule has 1 nitrogen and oxygen atoms in total. The van der Waals surface area contributed by atoms with Crippen molar-refractivity contribution in [2.24, 2.45) is 5.73 Å². The lowest BCUT2D eigenvalue weighted by molar-refractivity contribution is 0.427. The van der Waals surface area contributed by atoms with Crippen LogP contribution in [0.15, 0.2) is 18.2 Å². The number of benzene rings is 1. The van der Waals surface area contributed by atoms with Gasteiger partial charge in [0.25, 0.3) is 0 Å². The summed E-state index contributed by atoms with van der Waals surface area (Å²) in [6.07, 6.45) is 4.93. The summed E-state index contributed by atoms with van der Waals surface area (Å²) < 4.78 is 13.5. The minimum atomic E-state index is -0.237. The monoisotopic (exact) mass is 227 g/mol. The van der Waals surface area contributed by atoms with Crippen LogP contribution in [0.2, 0.25) is 5.02 Å². The molecule has 1 saturated carbocycles. The van der Waals surface area contributed by atoms with Crippen molar-refractivity contribution in [1.82, 2.24) is 0 Å². The first kappa shape index (κ1) is 10.9. The Kier molecular flexibility index (Phi) is 2.98. The lowest BCUT2D eigenvalue weighted by Crippen LogP contribution is -2.38. The predicted molar refractivity (Wildman–Crippen MR) is 60.5 cm³/mol. The summed E-state index contributed by atoms with van der Waals surface area (Å²) >= 11 is 5.70. The Balaban J connectivity index is 2.16. The Morgan fingerprint density at radius 2 is 2.00 bits per heavy atom. The van der Waals surface area contributed by atoms with Gasteiger partial charge in [0.2, 0.25) is 0 Å². The zero-order valence-corrected chi connectivity index (χ0v) is 9.36. The van der Waals surface area contributed by atoms with E-state index in [2.05, 4.69) is 0 Å². The minimum absolute atomic E-state index is 0.200. The molecule has 0 bridgehead atoms. The van der Waals surface area contributed by atoms with Crippen molar-refractivity contribution >= 4 is 11.6 Å². The van der Waals surface area contributed by atoms with Gasteiger partial charge in [-0.05, 0) is 37.0 Å². The number of rotatable bonds is 2. The second kappa shape index (κ2) is 4.11. The zero-order chi connectivity index (χ0) is 10.9. The van der Waals surface area contributed by atoms with Crippen LogP contribution in [0, 0.1) is 5.82 Å². The van der Waals surface area contributed by atoms with Crippen LogP contribution in [0.5, 0.6) is 0 Å². The van der Waals surface area contributed by atoms with E-state index < -0.39 is 0 Å². The molecule has 1 fully saturated rings. The molecule has 0 radical (unpaired) electrons. The van der Waals surface area contributed by atoms with Crippen LogP contribution in [-0.4, -0.2) is 5.54 Å². The third-order valence-corrected chi connectivity index (χ3v) is 3.39. The summed E-state index contributed by atoms with van der Waals surface area (Å²) in [7, 11) is 0. The quantitative estimate of drug-likeness (QED) is 0.825. The van der Waals surface area contributed by atoms with Crippen molar-refractivity contribution in [2.75, 3.05) is 0 Å². The third kappa shape index (κ3) is 2.50. The Bertz CT molecular complexity index is 359. The molecule has 2 N–H and O–H groups in total. The summed E-state index contributed by atoms with van der Waals surface area (Å²) in [6, 6.07) is 4.82. The Labute approximate surface area is 94.4 Å². The average Bonchev–Trinajstić information content (AvgIpc) is 2.58. The molecule has 1 aromatic carbocycles. The van der Waals surface area contributed by atoms with Gasteiger partial charge in [-0.2, -0.15) is 0 Å². The lowest BCUT2D eigenvalue weighted by atomic mass is 9.90. The molecule has 2 rings (SSSR count). The van der Waals surface area contributed by atoms with E-state index in [1.165, 1.54) is 6.07 Å². The molecule has 1 aromatic rings. The number of halogens is 2. The minimum Gasteiger partial charge on any atom is -0.325 e. The lowest BCUT2D eigenvalue weighted by Gasteiger charge is -2.23. The molecule has 0 saturated heterocycles. The van der Waals surface area contributed by atoms with Crippen LogP contribution in [0.3, 0.4) is 0 Å². The van der Waals surface area contributed by atoms with E-state index in [4.69, 9.17) is 17.3 Å².